The van der Waals surface area contributed by atoms with E-state index in [1.54, 1.807) is 12.3 Å². The predicted molar refractivity (Wildman–Crippen MR) is 113 cm³/mol. The molecule has 1 saturated carbocycles. The molecule has 0 unspecified atom stereocenters. The fourth-order valence-electron chi connectivity index (χ4n) is 3.26. The Hall–Kier alpha value is -3.46. The van der Waals surface area contributed by atoms with Crippen LogP contribution >= 0.6 is 0 Å². The number of nitrogens with one attached hydrogen (secondary N) is 1. The van der Waals surface area contributed by atoms with Gasteiger partial charge in [-0.1, -0.05) is 37.6 Å². The van der Waals surface area contributed by atoms with Gasteiger partial charge in [0.2, 0.25) is 5.91 Å². The van der Waals surface area contributed by atoms with E-state index in [1.165, 1.54) is 7.11 Å². The van der Waals surface area contributed by atoms with Gasteiger partial charge in [0.15, 0.2) is 0 Å². The molecule has 6 nitrogen and oxygen atoms in total. The van der Waals surface area contributed by atoms with Crippen LogP contribution < -0.4 is 5.32 Å². The number of benzene rings is 1. The molecule has 2 aromatic rings. The first-order valence-corrected chi connectivity index (χ1v) is 10.1. The Labute approximate surface area is 176 Å². The number of carbonyl (C=O) groups excluding carboxylic acids is 2. The molecule has 3 rings (SSSR count). The number of hydrogen-bond donors (Lipinski definition) is 1. The molecule has 0 radical (unpaired) electrons. The molecule has 1 aromatic carbocycles. The van der Waals surface area contributed by atoms with Gasteiger partial charge in [0.05, 0.1) is 30.0 Å². The van der Waals surface area contributed by atoms with Crippen LogP contribution in [0.5, 0.6) is 0 Å². The van der Waals surface area contributed by atoms with Gasteiger partial charge in [0.1, 0.15) is 0 Å². The van der Waals surface area contributed by atoms with Crippen LogP contribution in [0.1, 0.15) is 43.7 Å². The van der Waals surface area contributed by atoms with Gasteiger partial charge >= 0.3 is 5.97 Å². The number of aromatic nitrogens is 1. The maximum absolute atomic E-state index is 12.5. The molecular formula is C24H25N3O3. The SMILES string of the molecule is CCC/C(NC(=O)C1CC1)=C(\Cc1ccc(-c2ccccc2C#N)nc1)C(=O)OC. The lowest BCUT2D eigenvalue weighted by atomic mass is 10.0. The zero-order valence-electron chi connectivity index (χ0n) is 17.3. The van der Waals surface area contributed by atoms with Crippen molar-refractivity contribution in [2.75, 3.05) is 7.11 Å². The summed E-state index contributed by atoms with van der Waals surface area (Å²) in [6, 6.07) is 13.2. The number of esters is 1. The molecule has 1 aliphatic carbocycles. The van der Waals surface area contributed by atoms with Gasteiger partial charge in [-0.15, -0.1) is 0 Å². The summed E-state index contributed by atoms with van der Waals surface area (Å²) in [4.78, 5) is 29.3. The Balaban J connectivity index is 1.88. The second-order valence-corrected chi connectivity index (χ2v) is 7.35. The van der Waals surface area contributed by atoms with Gasteiger partial charge in [0.25, 0.3) is 0 Å². The number of methoxy groups -OCH3 is 1. The second kappa shape index (κ2) is 9.84. The summed E-state index contributed by atoms with van der Waals surface area (Å²) in [6.07, 6.45) is 5.17. The molecule has 0 aliphatic heterocycles. The van der Waals surface area contributed by atoms with Gasteiger partial charge in [-0.05, 0) is 37.0 Å². The Morgan fingerprint density at radius 3 is 2.60 bits per heavy atom. The summed E-state index contributed by atoms with van der Waals surface area (Å²) in [5.74, 6) is -0.424. The quantitative estimate of drug-likeness (QED) is 0.533. The highest BCUT2D eigenvalue weighted by atomic mass is 16.5. The van der Waals surface area contributed by atoms with Crippen molar-refractivity contribution >= 4 is 11.9 Å². The van der Waals surface area contributed by atoms with Gasteiger partial charge in [-0.3, -0.25) is 9.78 Å². The molecule has 30 heavy (non-hydrogen) atoms. The van der Waals surface area contributed by atoms with Crippen LogP contribution in [0.25, 0.3) is 11.3 Å². The minimum Gasteiger partial charge on any atom is -0.466 e. The molecule has 1 N–H and O–H groups in total. The number of allylic oxidation sites excluding steroid dienone is 1. The lowest BCUT2D eigenvalue weighted by Gasteiger charge is -2.15. The molecule has 0 bridgehead atoms. The number of pyridine rings is 1. The average molecular weight is 403 g/mol. The van der Waals surface area contributed by atoms with E-state index in [4.69, 9.17) is 4.74 Å². The summed E-state index contributed by atoms with van der Waals surface area (Å²) < 4.78 is 4.99. The average Bonchev–Trinajstić information content (AvgIpc) is 3.63. The smallest absolute Gasteiger partial charge is 0.335 e. The predicted octanol–water partition coefficient (Wildman–Crippen LogP) is 3.92. The van der Waals surface area contributed by atoms with Crippen LogP contribution in [0.15, 0.2) is 53.9 Å². The van der Waals surface area contributed by atoms with Crippen LogP contribution in [0.2, 0.25) is 0 Å². The molecule has 1 amide bonds. The van der Waals surface area contributed by atoms with E-state index >= 15 is 0 Å². The zero-order chi connectivity index (χ0) is 21.5. The van der Waals surface area contributed by atoms with Crippen molar-refractivity contribution in [3.63, 3.8) is 0 Å². The van der Waals surface area contributed by atoms with Crippen molar-refractivity contribution in [2.45, 2.75) is 39.0 Å². The number of rotatable bonds is 8. The molecule has 0 spiro atoms. The standard InChI is InChI=1S/C24H25N3O3/c1-3-6-22(27-23(28)17-10-11-17)20(24(29)30-2)13-16-9-12-21(26-15-16)19-8-5-4-7-18(19)14-25/h4-5,7-9,12,15,17H,3,6,10-11,13H2,1-2H3,(H,27,28)/b22-20-. The molecule has 0 atom stereocenters. The third-order valence-corrected chi connectivity index (χ3v) is 5.05. The molecule has 0 saturated heterocycles. The summed E-state index contributed by atoms with van der Waals surface area (Å²) in [7, 11) is 1.34. The first-order valence-electron chi connectivity index (χ1n) is 10.1. The minimum absolute atomic E-state index is 0.0264. The molecule has 6 heteroatoms. The Morgan fingerprint density at radius 2 is 2.00 bits per heavy atom. The monoisotopic (exact) mass is 403 g/mol. The van der Waals surface area contributed by atoms with Gasteiger partial charge in [-0.25, -0.2) is 4.79 Å². The maximum Gasteiger partial charge on any atom is 0.335 e. The van der Waals surface area contributed by atoms with E-state index in [2.05, 4.69) is 16.4 Å². The second-order valence-electron chi connectivity index (χ2n) is 7.35. The van der Waals surface area contributed by atoms with E-state index in [9.17, 15) is 14.9 Å². The van der Waals surface area contributed by atoms with Crippen molar-refractivity contribution < 1.29 is 14.3 Å². The summed E-state index contributed by atoms with van der Waals surface area (Å²) in [5, 5.41) is 12.2. The third kappa shape index (κ3) is 5.12. The fraction of sp³-hybridized carbons (Fsp3) is 0.333. The van der Waals surface area contributed by atoms with Gasteiger partial charge in [0, 0.05) is 29.8 Å². The number of amides is 1. The number of carbonyl (C=O) groups is 2. The van der Waals surface area contributed by atoms with Crippen LogP contribution in [-0.4, -0.2) is 24.0 Å². The van der Waals surface area contributed by atoms with E-state index < -0.39 is 5.97 Å². The first-order chi connectivity index (χ1) is 14.6. The van der Waals surface area contributed by atoms with E-state index in [0.29, 0.717) is 35.4 Å². The lowest BCUT2D eigenvalue weighted by Crippen LogP contribution is -2.28. The lowest BCUT2D eigenvalue weighted by molar-refractivity contribution is -0.136. The Morgan fingerprint density at radius 1 is 1.23 bits per heavy atom. The summed E-state index contributed by atoms with van der Waals surface area (Å²) >= 11 is 0. The highest BCUT2D eigenvalue weighted by Crippen LogP contribution is 2.30. The van der Waals surface area contributed by atoms with Crippen molar-refractivity contribution in [3.05, 3.63) is 65.0 Å². The molecular weight excluding hydrogens is 378 g/mol. The first kappa shape index (κ1) is 21.3. The normalized spacial score (nSPS) is 13.8. The molecule has 154 valence electrons. The van der Waals surface area contributed by atoms with Crippen LogP contribution in [-0.2, 0) is 20.7 Å². The summed E-state index contributed by atoms with van der Waals surface area (Å²) in [5.41, 5.74) is 3.90. The zero-order valence-corrected chi connectivity index (χ0v) is 17.3. The molecule has 1 heterocycles. The van der Waals surface area contributed by atoms with Crippen molar-refractivity contribution in [1.82, 2.24) is 10.3 Å². The van der Waals surface area contributed by atoms with E-state index in [0.717, 1.165) is 30.4 Å². The van der Waals surface area contributed by atoms with Gasteiger partial charge < -0.3 is 10.1 Å². The molecule has 1 fully saturated rings. The minimum atomic E-state index is -0.451. The highest BCUT2D eigenvalue weighted by molar-refractivity contribution is 5.91. The van der Waals surface area contributed by atoms with Gasteiger partial charge in [-0.2, -0.15) is 5.26 Å². The number of hydrogen-bond acceptors (Lipinski definition) is 5. The summed E-state index contributed by atoms with van der Waals surface area (Å²) in [6.45, 7) is 2.00. The molecule has 1 aliphatic rings. The largest absolute Gasteiger partial charge is 0.466 e. The van der Waals surface area contributed by atoms with E-state index in [1.807, 2.05) is 37.3 Å². The fourth-order valence-corrected chi connectivity index (χ4v) is 3.26. The number of nitrogens with zero attached hydrogens (tertiary/aromatic N) is 2. The Bertz CT molecular complexity index is 999. The topological polar surface area (TPSA) is 92.1 Å². The van der Waals surface area contributed by atoms with Crippen molar-refractivity contribution in [1.29, 1.82) is 5.26 Å². The molecule has 1 aromatic heterocycles. The van der Waals surface area contributed by atoms with Crippen LogP contribution in [0.3, 0.4) is 0 Å². The third-order valence-electron chi connectivity index (χ3n) is 5.05. The van der Waals surface area contributed by atoms with E-state index in [-0.39, 0.29) is 11.8 Å². The van der Waals surface area contributed by atoms with Crippen molar-refractivity contribution in [2.24, 2.45) is 5.92 Å². The van der Waals surface area contributed by atoms with Crippen molar-refractivity contribution in [3.8, 4) is 17.3 Å². The maximum atomic E-state index is 12.5. The van der Waals surface area contributed by atoms with Crippen LogP contribution in [0.4, 0.5) is 0 Å². The highest BCUT2D eigenvalue weighted by Gasteiger charge is 2.31. The van der Waals surface area contributed by atoms with Crippen LogP contribution in [0, 0.1) is 17.2 Å². The number of nitriles is 1. The Kier molecular flexibility index (Phi) is 6.97. The number of ether oxygens (including phenoxy) is 1.